The van der Waals surface area contributed by atoms with Gasteiger partial charge in [0, 0.05) is 29.8 Å². The minimum atomic E-state index is -5.08. The largest absolute Gasteiger partial charge is 0.490 e. The number of amidine groups is 1. The number of aromatic nitrogens is 1. The molecule has 260 valence electrons. The van der Waals surface area contributed by atoms with Gasteiger partial charge in [-0.05, 0) is 64.4 Å². The minimum absolute atomic E-state index is 0.0663. The number of pyridine rings is 1. The number of aromatic carboxylic acids is 1. The molecule has 1 aromatic heterocycles. The molecule has 6 N–H and O–H groups in total. The van der Waals surface area contributed by atoms with Crippen LogP contribution in [0.2, 0.25) is 0 Å². The van der Waals surface area contributed by atoms with Gasteiger partial charge < -0.3 is 35.6 Å². The molecule has 1 heterocycles. The van der Waals surface area contributed by atoms with E-state index in [1.807, 2.05) is 6.92 Å². The molecular weight excluding hydrogens is 649 g/mol. The number of alkyl halides is 3. The second-order valence-electron chi connectivity index (χ2n) is 10.5. The molecule has 0 aliphatic carbocycles. The van der Waals surface area contributed by atoms with Crippen LogP contribution in [-0.4, -0.2) is 63.7 Å². The van der Waals surface area contributed by atoms with Crippen LogP contribution in [0.3, 0.4) is 0 Å². The Kier molecular flexibility index (Phi) is 13.2. The van der Waals surface area contributed by atoms with Crippen LogP contribution in [0.4, 0.5) is 27.6 Å². The maximum atomic E-state index is 16.0. The summed E-state index contributed by atoms with van der Waals surface area (Å²) in [7, 11) is 0. The predicted molar refractivity (Wildman–Crippen MR) is 164 cm³/mol. The molecule has 0 spiro atoms. The molecule has 1 amide bonds. The highest BCUT2D eigenvalue weighted by molar-refractivity contribution is 5.99. The molecule has 0 aliphatic heterocycles. The number of hydrogen-bond acceptors (Lipinski definition) is 8. The van der Waals surface area contributed by atoms with Gasteiger partial charge in [-0.2, -0.15) is 26.9 Å². The summed E-state index contributed by atoms with van der Waals surface area (Å²) in [5, 5.41) is 27.2. The van der Waals surface area contributed by atoms with Gasteiger partial charge in [-0.15, -0.1) is 0 Å². The number of carboxylic acids is 2. The smallest absolute Gasteiger partial charge is 0.478 e. The number of nitrogen functional groups attached to an aromatic ring is 1. The Morgan fingerprint density at radius 2 is 1.52 bits per heavy atom. The lowest BCUT2D eigenvalue weighted by Gasteiger charge is -2.33. The molecule has 17 heteroatoms. The Balaban J connectivity index is 0.00000103. The first-order valence-electron chi connectivity index (χ1n) is 14.2. The van der Waals surface area contributed by atoms with Crippen LogP contribution in [0, 0.1) is 17.0 Å². The monoisotopic (exact) mass is 683 g/mol. The van der Waals surface area contributed by atoms with Crippen molar-refractivity contribution in [3.63, 3.8) is 0 Å². The van der Waals surface area contributed by atoms with Gasteiger partial charge >= 0.3 is 18.1 Å². The number of carbonyl (C=O) groups excluding carboxylic acids is 1. The lowest BCUT2D eigenvalue weighted by molar-refractivity contribution is -0.192. The molecule has 0 saturated heterocycles. The number of nitrogens with two attached hydrogens (primary N) is 1. The second kappa shape index (κ2) is 16.4. The molecule has 3 aromatic rings. The van der Waals surface area contributed by atoms with E-state index >= 15 is 8.78 Å². The summed E-state index contributed by atoms with van der Waals surface area (Å²) < 4.78 is 74.9. The third-order valence-electron chi connectivity index (χ3n) is 6.18. The first kappa shape index (κ1) is 38.7. The number of nitrogens with zero attached hydrogens (tertiary/aromatic N) is 2. The van der Waals surface area contributed by atoms with Crippen LogP contribution in [0.5, 0.6) is 23.3 Å². The van der Waals surface area contributed by atoms with Crippen molar-refractivity contribution in [2.75, 3.05) is 11.4 Å². The Labute approximate surface area is 271 Å². The molecule has 2 aromatic carbocycles. The number of nitrogens with one attached hydrogen (secondary N) is 2. The van der Waals surface area contributed by atoms with E-state index in [4.69, 9.17) is 30.5 Å². The van der Waals surface area contributed by atoms with E-state index in [0.717, 1.165) is 6.07 Å². The number of carbonyl (C=O) groups is 3. The third kappa shape index (κ3) is 10.0. The Bertz CT molecular complexity index is 1660. The Morgan fingerprint density at radius 3 is 2.00 bits per heavy atom. The summed E-state index contributed by atoms with van der Waals surface area (Å²) >= 11 is 0. The van der Waals surface area contributed by atoms with Gasteiger partial charge in [0.1, 0.15) is 28.6 Å². The highest BCUT2D eigenvalue weighted by Crippen LogP contribution is 2.40. The molecule has 0 saturated carbocycles. The van der Waals surface area contributed by atoms with E-state index in [0.29, 0.717) is 18.5 Å². The van der Waals surface area contributed by atoms with Gasteiger partial charge in [-0.3, -0.25) is 10.2 Å². The molecular formula is C31H34F5N5O7. The van der Waals surface area contributed by atoms with Crippen molar-refractivity contribution < 1.29 is 56.0 Å². The SMILES string of the molecule is CCCNC(=O)c1ccc(Oc2nc(Oc3cccc(C(=N)N)c3)c(F)c(N(C(C)C)C(C)C)c2F)c(C(=O)O)c1.O=C(O)C(F)(F)F. The maximum Gasteiger partial charge on any atom is 0.490 e. The van der Waals surface area contributed by atoms with Crippen molar-refractivity contribution in [3.8, 4) is 23.3 Å². The van der Waals surface area contributed by atoms with Crippen molar-refractivity contribution >= 4 is 29.4 Å². The van der Waals surface area contributed by atoms with Gasteiger partial charge in [-0.25, -0.2) is 9.59 Å². The van der Waals surface area contributed by atoms with Crippen molar-refractivity contribution in [2.45, 2.75) is 59.3 Å². The van der Waals surface area contributed by atoms with E-state index < -0.39 is 58.7 Å². The number of aliphatic carboxylic acids is 1. The fourth-order valence-electron chi connectivity index (χ4n) is 4.17. The molecule has 48 heavy (non-hydrogen) atoms. The molecule has 0 bridgehead atoms. The zero-order valence-corrected chi connectivity index (χ0v) is 26.4. The lowest BCUT2D eigenvalue weighted by atomic mass is 10.1. The number of carboxylic acid groups (broad SMARTS) is 2. The fourth-order valence-corrected chi connectivity index (χ4v) is 4.17. The van der Waals surface area contributed by atoms with Crippen molar-refractivity contribution in [3.05, 3.63) is 70.8 Å². The van der Waals surface area contributed by atoms with Crippen LogP contribution in [0.25, 0.3) is 0 Å². The Morgan fingerprint density at radius 1 is 0.958 bits per heavy atom. The summed E-state index contributed by atoms with van der Waals surface area (Å²) in [6, 6.07) is 8.87. The number of benzene rings is 2. The molecule has 0 radical (unpaired) electrons. The average molecular weight is 684 g/mol. The van der Waals surface area contributed by atoms with E-state index in [2.05, 4.69) is 10.3 Å². The minimum Gasteiger partial charge on any atom is -0.478 e. The highest BCUT2D eigenvalue weighted by atomic mass is 19.4. The summed E-state index contributed by atoms with van der Waals surface area (Å²) in [6.45, 7) is 9.27. The quantitative estimate of drug-likeness (QED) is 0.0821. The van der Waals surface area contributed by atoms with Crippen LogP contribution < -0.4 is 25.4 Å². The number of hydrogen-bond donors (Lipinski definition) is 5. The van der Waals surface area contributed by atoms with Crippen LogP contribution in [0.1, 0.15) is 67.3 Å². The van der Waals surface area contributed by atoms with Crippen LogP contribution in [0.15, 0.2) is 42.5 Å². The van der Waals surface area contributed by atoms with Crippen molar-refractivity contribution in [2.24, 2.45) is 5.73 Å². The molecule has 0 atom stereocenters. The van der Waals surface area contributed by atoms with E-state index in [1.54, 1.807) is 33.8 Å². The van der Waals surface area contributed by atoms with Crippen molar-refractivity contribution in [1.29, 1.82) is 5.41 Å². The molecule has 12 nitrogen and oxygen atoms in total. The van der Waals surface area contributed by atoms with E-state index in [1.165, 1.54) is 35.2 Å². The van der Waals surface area contributed by atoms with E-state index in [-0.39, 0.29) is 35.0 Å². The second-order valence-corrected chi connectivity index (χ2v) is 10.5. The zero-order chi connectivity index (χ0) is 36.5. The predicted octanol–water partition coefficient (Wildman–Crippen LogP) is 6.32. The summed E-state index contributed by atoms with van der Waals surface area (Å²) in [6.07, 6.45) is -4.40. The fraction of sp³-hybridized carbons (Fsp3) is 0.323. The average Bonchev–Trinajstić information content (AvgIpc) is 2.99. The van der Waals surface area contributed by atoms with Gasteiger partial charge in [0.2, 0.25) is 11.6 Å². The van der Waals surface area contributed by atoms with Gasteiger partial charge in [0.05, 0.1) is 0 Å². The zero-order valence-electron chi connectivity index (χ0n) is 26.4. The summed E-state index contributed by atoms with van der Waals surface area (Å²) in [5.74, 6) is -8.83. The standard InChI is InChI=1S/C29H33F2N5O5.C2HF3O2/c1-6-12-34-26(37)18-10-11-21(20(14-18)29(38)39)41-28-23(31)24(36(15(2)3)16(4)5)22(30)27(35-28)40-19-9-7-8-17(13-19)25(32)33;3-2(4,5)1(6)7/h7-11,13-16H,6,12H2,1-5H3,(H3,32,33)(H,34,37)(H,38,39);(H,6,7). The first-order valence-corrected chi connectivity index (χ1v) is 14.2. The van der Waals surface area contributed by atoms with Gasteiger partial charge in [0.15, 0.2) is 0 Å². The summed E-state index contributed by atoms with van der Waals surface area (Å²) in [5.41, 5.74) is 5.01. The first-order chi connectivity index (χ1) is 22.3. The third-order valence-corrected chi connectivity index (χ3v) is 6.18. The number of amides is 1. The number of halogens is 5. The highest BCUT2D eigenvalue weighted by Gasteiger charge is 2.38. The molecule has 0 aliphatic rings. The van der Waals surface area contributed by atoms with Crippen LogP contribution >= 0.6 is 0 Å². The van der Waals surface area contributed by atoms with E-state index in [9.17, 15) is 27.9 Å². The molecule has 3 rings (SSSR count). The van der Waals surface area contributed by atoms with Gasteiger partial charge in [-0.1, -0.05) is 19.1 Å². The number of anilines is 1. The normalized spacial score (nSPS) is 11.0. The van der Waals surface area contributed by atoms with Crippen molar-refractivity contribution in [1.82, 2.24) is 10.3 Å². The number of rotatable bonds is 12. The molecule has 0 unspecified atom stereocenters. The topological polar surface area (TPSA) is 188 Å². The lowest BCUT2D eigenvalue weighted by Crippen LogP contribution is -2.38. The molecule has 0 fully saturated rings. The maximum absolute atomic E-state index is 16.0. The van der Waals surface area contributed by atoms with Gasteiger partial charge in [0.25, 0.3) is 17.7 Å². The Hall–Kier alpha value is -5.48. The number of ether oxygens (including phenoxy) is 2. The van der Waals surface area contributed by atoms with Crippen LogP contribution in [-0.2, 0) is 4.79 Å². The summed E-state index contributed by atoms with van der Waals surface area (Å²) in [4.78, 5) is 38.7.